The van der Waals surface area contributed by atoms with E-state index in [1.165, 1.54) is 0 Å². The highest BCUT2D eigenvalue weighted by Crippen LogP contribution is 2.31. The highest BCUT2D eigenvalue weighted by Gasteiger charge is 2.32. The Balaban J connectivity index is 2.18. The van der Waals surface area contributed by atoms with Crippen molar-refractivity contribution in [2.45, 2.75) is 49.3 Å². The molecule has 1 aliphatic rings. The Kier molecular flexibility index (Phi) is 5.89. The first kappa shape index (κ1) is 16.6. The molecule has 1 saturated carbocycles. The van der Waals surface area contributed by atoms with Crippen LogP contribution in [0.1, 0.15) is 33.1 Å². The van der Waals surface area contributed by atoms with Crippen LogP contribution in [0.15, 0.2) is 23.2 Å². The van der Waals surface area contributed by atoms with Gasteiger partial charge in [-0.15, -0.1) is 0 Å². The van der Waals surface area contributed by atoms with Crippen LogP contribution in [-0.4, -0.2) is 37.0 Å². The summed E-state index contributed by atoms with van der Waals surface area (Å²) >= 11 is 1.84. The minimum Gasteiger partial charge on any atom is -0.369 e. The van der Waals surface area contributed by atoms with Gasteiger partial charge in [-0.2, -0.15) is 11.8 Å². The normalized spacial score (nSPS) is 22.4. The minimum atomic E-state index is -3.54. The third kappa shape index (κ3) is 4.11. The number of hydrogen-bond donors (Lipinski definition) is 2. The molecule has 2 N–H and O–H groups in total. The summed E-state index contributed by atoms with van der Waals surface area (Å²) in [6.45, 7) is 4.67. The van der Waals surface area contributed by atoms with Gasteiger partial charge in [0.05, 0.1) is 0 Å². The molecule has 0 radical (unpaired) electrons. The molecule has 2 atom stereocenters. The van der Waals surface area contributed by atoms with Gasteiger partial charge >= 0.3 is 0 Å². The second kappa shape index (κ2) is 7.47. The minimum absolute atomic E-state index is 0.0228. The summed E-state index contributed by atoms with van der Waals surface area (Å²) in [7, 11) is -3.54. The maximum atomic E-state index is 12.6. The van der Waals surface area contributed by atoms with Crippen LogP contribution in [0.3, 0.4) is 0 Å². The number of anilines is 1. The molecule has 118 valence electrons. The van der Waals surface area contributed by atoms with Crippen molar-refractivity contribution in [3.05, 3.63) is 18.3 Å². The summed E-state index contributed by atoms with van der Waals surface area (Å²) in [6, 6.07) is 3.28. The smallest absolute Gasteiger partial charge is 0.244 e. The van der Waals surface area contributed by atoms with Crippen LogP contribution in [0, 0.1) is 0 Å². The van der Waals surface area contributed by atoms with Gasteiger partial charge in [0.1, 0.15) is 10.7 Å². The van der Waals surface area contributed by atoms with E-state index >= 15 is 0 Å². The second-order valence-corrected chi connectivity index (χ2v) is 8.23. The fourth-order valence-electron chi connectivity index (χ4n) is 2.64. The van der Waals surface area contributed by atoms with Gasteiger partial charge < -0.3 is 5.32 Å². The molecule has 0 aromatic carbocycles. The van der Waals surface area contributed by atoms with Crippen molar-refractivity contribution in [3.63, 3.8) is 0 Å². The topological polar surface area (TPSA) is 71.1 Å². The quantitative estimate of drug-likeness (QED) is 0.804. The fraction of sp³-hybridized carbons (Fsp3) is 0.643. The maximum Gasteiger partial charge on any atom is 0.244 e. The molecule has 0 bridgehead atoms. The SMILES string of the molecule is CCNc1ncccc1S(=O)(=O)NC1CCCC1SCC. The molecule has 21 heavy (non-hydrogen) atoms. The lowest BCUT2D eigenvalue weighted by molar-refractivity contribution is 0.555. The van der Waals surface area contributed by atoms with E-state index in [0.29, 0.717) is 17.6 Å². The number of hydrogen-bond acceptors (Lipinski definition) is 5. The molecule has 2 rings (SSSR count). The summed E-state index contributed by atoms with van der Waals surface area (Å²) in [4.78, 5) is 4.36. The summed E-state index contributed by atoms with van der Waals surface area (Å²) in [6.07, 6.45) is 4.67. The van der Waals surface area contributed by atoms with Crippen LogP contribution < -0.4 is 10.0 Å². The van der Waals surface area contributed by atoms with E-state index in [1.807, 2.05) is 18.7 Å². The summed E-state index contributed by atoms with van der Waals surface area (Å²) in [5.41, 5.74) is 0. The average Bonchev–Trinajstić information content (AvgIpc) is 2.87. The molecule has 1 aliphatic carbocycles. The van der Waals surface area contributed by atoms with E-state index in [0.717, 1.165) is 25.0 Å². The molecular weight excluding hydrogens is 306 g/mol. The lowest BCUT2D eigenvalue weighted by atomic mass is 10.3. The number of aromatic nitrogens is 1. The van der Waals surface area contributed by atoms with E-state index in [4.69, 9.17) is 0 Å². The number of nitrogens with one attached hydrogen (secondary N) is 2. The van der Waals surface area contributed by atoms with Crippen molar-refractivity contribution in [2.75, 3.05) is 17.6 Å². The van der Waals surface area contributed by atoms with E-state index in [-0.39, 0.29) is 10.9 Å². The Bertz CT molecular complexity index is 563. The van der Waals surface area contributed by atoms with Gasteiger partial charge in [0.2, 0.25) is 10.0 Å². The highest BCUT2D eigenvalue weighted by atomic mass is 32.2. The van der Waals surface area contributed by atoms with Crippen LogP contribution >= 0.6 is 11.8 Å². The maximum absolute atomic E-state index is 12.6. The molecule has 1 fully saturated rings. The first-order valence-electron chi connectivity index (χ1n) is 7.41. The van der Waals surface area contributed by atoms with E-state index in [9.17, 15) is 8.42 Å². The first-order valence-corrected chi connectivity index (χ1v) is 9.94. The van der Waals surface area contributed by atoms with Crippen molar-refractivity contribution in [2.24, 2.45) is 0 Å². The number of rotatable bonds is 7. The van der Waals surface area contributed by atoms with Crippen molar-refractivity contribution in [3.8, 4) is 0 Å². The van der Waals surface area contributed by atoms with Crippen molar-refractivity contribution in [1.82, 2.24) is 9.71 Å². The Labute approximate surface area is 131 Å². The van der Waals surface area contributed by atoms with Crippen molar-refractivity contribution in [1.29, 1.82) is 0 Å². The Morgan fingerprint density at radius 3 is 2.90 bits per heavy atom. The van der Waals surface area contributed by atoms with E-state index in [1.54, 1.807) is 18.3 Å². The molecule has 5 nitrogen and oxygen atoms in total. The van der Waals surface area contributed by atoms with Gasteiger partial charge in [0.15, 0.2) is 0 Å². The van der Waals surface area contributed by atoms with E-state index < -0.39 is 10.0 Å². The molecule has 0 aliphatic heterocycles. The summed E-state index contributed by atoms with van der Waals surface area (Å²) in [5.74, 6) is 1.43. The Morgan fingerprint density at radius 1 is 1.38 bits per heavy atom. The van der Waals surface area contributed by atoms with Gasteiger partial charge in [0, 0.05) is 24.0 Å². The number of nitrogens with zero attached hydrogens (tertiary/aromatic N) is 1. The zero-order chi connectivity index (χ0) is 15.3. The van der Waals surface area contributed by atoms with Crippen LogP contribution in [-0.2, 0) is 10.0 Å². The number of pyridine rings is 1. The molecular formula is C14H23N3O2S2. The third-order valence-corrected chi connectivity index (χ3v) is 6.39. The van der Waals surface area contributed by atoms with Crippen molar-refractivity contribution < 1.29 is 8.42 Å². The molecule has 2 unspecified atom stereocenters. The van der Waals surface area contributed by atoms with Crippen LogP contribution in [0.2, 0.25) is 0 Å². The number of thioether (sulfide) groups is 1. The molecule has 0 spiro atoms. The lowest BCUT2D eigenvalue weighted by Crippen LogP contribution is -2.39. The summed E-state index contributed by atoms with van der Waals surface area (Å²) < 4.78 is 28.1. The molecule has 1 heterocycles. The molecule has 1 aromatic heterocycles. The second-order valence-electron chi connectivity index (χ2n) is 5.03. The monoisotopic (exact) mass is 329 g/mol. The molecule has 0 amide bonds. The van der Waals surface area contributed by atoms with Gasteiger partial charge in [-0.25, -0.2) is 18.1 Å². The van der Waals surface area contributed by atoms with Gasteiger partial charge in [-0.05, 0) is 37.7 Å². The summed E-state index contributed by atoms with van der Waals surface area (Å²) in [5, 5.41) is 3.39. The molecule has 1 aromatic rings. The zero-order valence-corrected chi connectivity index (χ0v) is 14.1. The predicted molar refractivity (Wildman–Crippen MR) is 88.3 cm³/mol. The molecule has 0 saturated heterocycles. The Hall–Kier alpha value is -0.790. The Morgan fingerprint density at radius 2 is 2.19 bits per heavy atom. The largest absolute Gasteiger partial charge is 0.369 e. The predicted octanol–water partition coefficient (Wildman–Crippen LogP) is 2.47. The lowest BCUT2D eigenvalue weighted by Gasteiger charge is -2.20. The van der Waals surface area contributed by atoms with Crippen LogP contribution in [0.5, 0.6) is 0 Å². The zero-order valence-electron chi connectivity index (χ0n) is 12.5. The van der Waals surface area contributed by atoms with E-state index in [2.05, 4.69) is 21.9 Å². The third-order valence-electron chi connectivity index (χ3n) is 3.54. The van der Waals surface area contributed by atoms with Gasteiger partial charge in [-0.3, -0.25) is 0 Å². The number of sulfonamides is 1. The average molecular weight is 329 g/mol. The van der Waals surface area contributed by atoms with Crippen LogP contribution in [0.4, 0.5) is 5.82 Å². The van der Waals surface area contributed by atoms with Crippen molar-refractivity contribution >= 4 is 27.6 Å². The van der Waals surface area contributed by atoms with Gasteiger partial charge in [-0.1, -0.05) is 13.3 Å². The fourth-order valence-corrected chi connectivity index (χ4v) is 5.37. The standard InChI is InChI=1S/C14H23N3O2S2/c1-3-15-14-13(9-6-10-16-14)21(18,19)17-11-7-5-8-12(11)20-4-2/h6,9-12,17H,3-5,7-8H2,1-2H3,(H,15,16). The first-order chi connectivity index (χ1) is 10.1. The highest BCUT2D eigenvalue weighted by molar-refractivity contribution is 8.00. The van der Waals surface area contributed by atoms with Gasteiger partial charge in [0.25, 0.3) is 0 Å². The molecule has 7 heteroatoms. The van der Waals surface area contributed by atoms with Crippen LogP contribution in [0.25, 0.3) is 0 Å².